The molecule has 0 saturated carbocycles. The minimum Gasteiger partial charge on any atom is -0.497 e. The highest BCUT2D eigenvalue weighted by molar-refractivity contribution is 5.94. The molecule has 1 aromatic carbocycles. The monoisotopic (exact) mass is 318 g/mol. The summed E-state index contributed by atoms with van der Waals surface area (Å²) in [6.07, 6.45) is 2.01. The number of hydrogen-bond acceptors (Lipinski definition) is 3. The highest BCUT2D eigenvalue weighted by Gasteiger charge is 2.25. The molecule has 1 aliphatic heterocycles. The molecule has 1 fully saturated rings. The Balaban J connectivity index is 1.94. The summed E-state index contributed by atoms with van der Waals surface area (Å²) in [7, 11) is 1.60. The van der Waals surface area contributed by atoms with Crippen molar-refractivity contribution < 1.29 is 14.3 Å². The second-order valence-corrected chi connectivity index (χ2v) is 6.39. The number of nitrogens with zero attached hydrogens (tertiary/aromatic N) is 1. The summed E-state index contributed by atoms with van der Waals surface area (Å²) >= 11 is 0. The third kappa shape index (κ3) is 4.71. The van der Waals surface area contributed by atoms with Crippen LogP contribution < -0.4 is 10.1 Å². The molecular weight excluding hydrogens is 292 g/mol. The molecule has 1 saturated heterocycles. The fraction of sp³-hybridized carbons (Fsp3) is 0.556. The Morgan fingerprint density at radius 1 is 1.39 bits per heavy atom. The van der Waals surface area contributed by atoms with Crippen LogP contribution in [0.5, 0.6) is 5.75 Å². The molecule has 0 spiro atoms. The first-order chi connectivity index (χ1) is 11.0. The standard InChI is InChI=1S/C18H26N2O3/c1-13(2)17(21)19-11-14-6-5-9-20(12-14)18(22)15-7-4-8-16(10-15)23-3/h4,7-8,10,13-14H,5-6,9,11-12H2,1-3H3,(H,19,21). The first-order valence-corrected chi connectivity index (χ1v) is 8.22. The number of methoxy groups -OCH3 is 1. The van der Waals surface area contributed by atoms with Crippen molar-refractivity contribution in [3.8, 4) is 5.75 Å². The minimum atomic E-state index is -0.00638. The summed E-state index contributed by atoms with van der Waals surface area (Å²) < 4.78 is 5.18. The maximum absolute atomic E-state index is 12.6. The largest absolute Gasteiger partial charge is 0.497 e. The van der Waals surface area contributed by atoms with Gasteiger partial charge in [-0.25, -0.2) is 0 Å². The number of likely N-dealkylation sites (tertiary alicyclic amines) is 1. The summed E-state index contributed by atoms with van der Waals surface area (Å²) in [6.45, 7) is 5.86. The van der Waals surface area contributed by atoms with E-state index in [1.807, 2.05) is 36.9 Å². The Hall–Kier alpha value is -2.04. The van der Waals surface area contributed by atoms with Gasteiger partial charge in [0.25, 0.3) is 5.91 Å². The zero-order valence-corrected chi connectivity index (χ0v) is 14.2. The van der Waals surface area contributed by atoms with Gasteiger partial charge in [-0.2, -0.15) is 0 Å². The van der Waals surface area contributed by atoms with E-state index in [-0.39, 0.29) is 17.7 Å². The van der Waals surface area contributed by atoms with Crippen LogP contribution in [0.3, 0.4) is 0 Å². The smallest absolute Gasteiger partial charge is 0.253 e. The first-order valence-electron chi connectivity index (χ1n) is 8.22. The molecule has 1 aromatic rings. The second kappa shape index (κ2) is 7.99. The van der Waals surface area contributed by atoms with Gasteiger partial charge in [0.2, 0.25) is 5.91 Å². The number of ether oxygens (including phenoxy) is 1. The Kier molecular flexibility index (Phi) is 6.02. The molecule has 1 atom stereocenters. The quantitative estimate of drug-likeness (QED) is 0.906. The van der Waals surface area contributed by atoms with E-state index in [1.54, 1.807) is 13.2 Å². The maximum atomic E-state index is 12.6. The lowest BCUT2D eigenvalue weighted by Crippen LogP contribution is -2.44. The Bertz CT molecular complexity index is 557. The van der Waals surface area contributed by atoms with Gasteiger partial charge in [-0.1, -0.05) is 19.9 Å². The molecule has 2 rings (SSSR count). The molecule has 23 heavy (non-hydrogen) atoms. The number of amides is 2. The van der Waals surface area contributed by atoms with Gasteiger partial charge < -0.3 is 15.0 Å². The Morgan fingerprint density at radius 3 is 2.87 bits per heavy atom. The highest BCUT2D eigenvalue weighted by Crippen LogP contribution is 2.20. The molecule has 2 amide bonds. The third-order valence-corrected chi connectivity index (χ3v) is 4.21. The number of carbonyl (C=O) groups excluding carboxylic acids is 2. The number of hydrogen-bond donors (Lipinski definition) is 1. The van der Waals surface area contributed by atoms with Crippen molar-refractivity contribution >= 4 is 11.8 Å². The van der Waals surface area contributed by atoms with Gasteiger partial charge in [-0.05, 0) is 37.0 Å². The van der Waals surface area contributed by atoms with Crippen LogP contribution in [0.25, 0.3) is 0 Å². The molecule has 0 bridgehead atoms. The van der Waals surface area contributed by atoms with Gasteiger partial charge in [-0.15, -0.1) is 0 Å². The van der Waals surface area contributed by atoms with E-state index in [2.05, 4.69) is 5.32 Å². The van der Waals surface area contributed by atoms with Crippen LogP contribution in [0.15, 0.2) is 24.3 Å². The topological polar surface area (TPSA) is 58.6 Å². The molecule has 5 nitrogen and oxygen atoms in total. The molecule has 1 N–H and O–H groups in total. The molecule has 1 unspecified atom stereocenters. The van der Waals surface area contributed by atoms with E-state index in [4.69, 9.17) is 4.74 Å². The van der Waals surface area contributed by atoms with Gasteiger partial charge in [0.05, 0.1) is 7.11 Å². The van der Waals surface area contributed by atoms with Crippen LogP contribution in [0.4, 0.5) is 0 Å². The highest BCUT2D eigenvalue weighted by atomic mass is 16.5. The average Bonchev–Trinajstić information content (AvgIpc) is 2.59. The molecular formula is C18H26N2O3. The van der Waals surface area contributed by atoms with E-state index < -0.39 is 0 Å². The van der Waals surface area contributed by atoms with Crippen molar-refractivity contribution in [2.45, 2.75) is 26.7 Å². The van der Waals surface area contributed by atoms with E-state index in [0.717, 1.165) is 19.4 Å². The van der Waals surface area contributed by atoms with Gasteiger partial charge in [-0.3, -0.25) is 9.59 Å². The number of rotatable bonds is 5. The lowest BCUT2D eigenvalue weighted by molar-refractivity contribution is -0.124. The predicted octanol–water partition coefficient (Wildman–Crippen LogP) is 2.32. The number of piperidine rings is 1. The average molecular weight is 318 g/mol. The van der Waals surface area contributed by atoms with Crippen LogP contribution in [-0.4, -0.2) is 43.5 Å². The third-order valence-electron chi connectivity index (χ3n) is 4.21. The van der Waals surface area contributed by atoms with Crippen molar-refractivity contribution in [1.29, 1.82) is 0 Å². The van der Waals surface area contributed by atoms with Gasteiger partial charge in [0, 0.05) is 31.1 Å². The minimum absolute atomic E-state index is 0.00638. The molecule has 0 aliphatic carbocycles. The zero-order valence-electron chi connectivity index (χ0n) is 14.2. The van der Waals surface area contributed by atoms with Crippen molar-refractivity contribution in [1.82, 2.24) is 10.2 Å². The number of carbonyl (C=O) groups is 2. The fourth-order valence-corrected chi connectivity index (χ4v) is 2.80. The summed E-state index contributed by atoms with van der Waals surface area (Å²) in [4.78, 5) is 26.2. The fourth-order valence-electron chi connectivity index (χ4n) is 2.80. The van der Waals surface area contributed by atoms with Crippen molar-refractivity contribution in [3.63, 3.8) is 0 Å². The van der Waals surface area contributed by atoms with Gasteiger partial charge in [0.1, 0.15) is 5.75 Å². The molecule has 126 valence electrons. The molecule has 0 radical (unpaired) electrons. The zero-order chi connectivity index (χ0) is 16.8. The second-order valence-electron chi connectivity index (χ2n) is 6.39. The van der Waals surface area contributed by atoms with E-state index >= 15 is 0 Å². The van der Waals surface area contributed by atoms with Crippen molar-refractivity contribution in [3.05, 3.63) is 29.8 Å². The van der Waals surface area contributed by atoms with Crippen LogP contribution in [0, 0.1) is 11.8 Å². The Labute approximate surface area is 138 Å². The Morgan fingerprint density at radius 2 is 2.17 bits per heavy atom. The van der Waals surface area contributed by atoms with Crippen LogP contribution >= 0.6 is 0 Å². The number of nitrogens with one attached hydrogen (secondary N) is 1. The first kappa shape index (κ1) is 17.3. The van der Waals surface area contributed by atoms with E-state index in [1.165, 1.54) is 0 Å². The molecule has 0 aromatic heterocycles. The lowest BCUT2D eigenvalue weighted by atomic mass is 9.97. The summed E-state index contributed by atoms with van der Waals surface area (Å²) in [6, 6.07) is 7.25. The molecule has 1 aliphatic rings. The normalized spacial score (nSPS) is 17.9. The SMILES string of the molecule is COc1cccc(C(=O)N2CCCC(CNC(=O)C(C)C)C2)c1. The summed E-state index contributed by atoms with van der Waals surface area (Å²) in [5, 5.41) is 2.97. The summed E-state index contributed by atoms with van der Waals surface area (Å²) in [5.74, 6) is 1.10. The van der Waals surface area contributed by atoms with E-state index in [0.29, 0.717) is 30.3 Å². The van der Waals surface area contributed by atoms with E-state index in [9.17, 15) is 9.59 Å². The summed E-state index contributed by atoms with van der Waals surface area (Å²) in [5.41, 5.74) is 0.649. The van der Waals surface area contributed by atoms with Crippen molar-refractivity contribution in [2.75, 3.05) is 26.7 Å². The van der Waals surface area contributed by atoms with Gasteiger partial charge >= 0.3 is 0 Å². The lowest BCUT2D eigenvalue weighted by Gasteiger charge is -2.33. The van der Waals surface area contributed by atoms with Crippen molar-refractivity contribution in [2.24, 2.45) is 11.8 Å². The van der Waals surface area contributed by atoms with Gasteiger partial charge in [0.15, 0.2) is 0 Å². The molecule has 5 heteroatoms. The van der Waals surface area contributed by atoms with Crippen LogP contribution in [0.1, 0.15) is 37.0 Å². The predicted molar refractivity (Wildman–Crippen MR) is 89.5 cm³/mol. The number of benzene rings is 1. The molecule has 1 heterocycles. The van der Waals surface area contributed by atoms with Crippen LogP contribution in [0.2, 0.25) is 0 Å². The maximum Gasteiger partial charge on any atom is 0.253 e. The van der Waals surface area contributed by atoms with Crippen LogP contribution in [-0.2, 0) is 4.79 Å².